The normalized spacial score (nSPS) is 16.8. The number of hydrogen-bond acceptors (Lipinski definition) is 3. The van der Waals surface area contributed by atoms with Gasteiger partial charge in [-0.05, 0) is 20.5 Å². The summed E-state index contributed by atoms with van der Waals surface area (Å²) in [7, 11) is 2.11. The van der Waals surface area contributed by atoms with Crippen LogP contribution in [0.4, 0.5) is 0 Å². The molecule has 0 aromatic carbocycles. The van der Waals surface area contributed by atoms with E-state index in [2.05, 4.69) is 41.0 Å². The van der Waals surface area contributed by atoms with Crippen molar-refractivity contribution in [3.8, 4) is 0 Å². The Balaban J connectivity index is 2.49. The zero-order chi connectivity index (χ0) is 15.0. The molecule has 0 aromatic rings. The minimum atomic E-state index is 0.163. The van der Waals surface area contributed by atoms with E-state index in [1.807, 2.05) is 4.90 Å². The molecule has 0 saturated carbocycles. The van der Waals surface area contributed by atoms with E-state index in [0.29, 0.717) is 0 Å². The first-order chi connectivity index (χ1) is 9.58. The molecule has 6 heteroatoms. The summed E-state index contributed by atoms with van der Waals surface area (Å²) >= 11 is 0. The largest absolute Gasteiger partial charge is 0.357 e. The fourth-order valence-corrected chi connectivity index (χ4v) is 2.14. The van der Waals surface area contributed by atoms with E-state index >= 15 is 0 Å². The molecule has 116 valence electrons. The Morgan fingerprint density at radius 1 is 1.20 bits per heavy atom. The number of nitrogens with one attached hydrogen (secondary N) is 1. The maximum Gasteiger partial charge on any atom is 0.219 e. The lowest BCUT2D eigenvalue weighted by Gasteiger charge is -2.36. The zero-order valence-electron chi connectivity index (χ0n) is 13.4. The summed E-state index contributed by atoms with van der Waals surface area (Å²) in [6, 6.07) is 0. The van der Waals surface area contributed by atoms with E-state index in [9.17, 15) is 4.79 Å². The van der Waals surface area contributed by atoms with Gasteiger partial charge in [0.2, 0.25) is 5.91 Å². The molecule has 20 heavy (non-hydrogen) atoms. The standard InChI is InChI=1S/C14H29N5O/c1-5-15-14(16-7-8-17(4)6-2)19-11-9-18(10-12-19)13(3)20/h5-12H2,1-4H3,(H,15,16). The number of hydrogen-bond donors (Lipinski definition) is 1. The van der Waals surface area contributed by atoms with Gasteiger partial charge in [0.25, 0.3) is 0 Å². The Morgan fingerprint density at radius 2 is 1.80 bits per heavy atom. The minimum absolute atomic E-state index is 0.163. The summed E-state index contributed by atoms with van der Waals surface area (Å²) in [5.41, 5.74) is 0. The van der Waals surface area contributed by atoms with Gasteiger partial charge in [0.05, 0.1) is 6.54 Å². The van der Waals surface area contributed by atoms with Crippen LogP contribution < -0.4 is 5.32 Å². The number of carbonyl (C=O) groups excluding carboxylic acids is 1. The second-order valence-electron chi connectivity index (χ2n) is 5.12. The predicted octanol–water partition coefficient (Wildman–Crippen LogP) is 0.0677. The Kier molecular flexibility index (Phi) is 7.36. The van der Waals surface area contributed by atoms with Crippen molar-refractivity contribution in [3.63, 3.8) is 0 Å². The van der Waals surface area contributed by atoms with Crippen LogP contribution in [0.5, 0.6) is 0 Å². The van der Waals surface area contributed by atoms with Gasteiger partial charge in [-0.15, -0.1) is 0 Å². The lowest BCUT2D eigenvalue weighted by Crippen LogP contribution is -2.53. The molecule has 0 radical (unpaired) electrons. The molecule has 0 aliphatic carbocycles. The highest BCUT2D eigenvalue weighted by molar-refractivity contribution is 5.80. The minimum Gasteiger partial charge on any atom is -0.357 e. The van der Waals surface area contributed by atoms with Crippen molar-refractivity contribution in [2.24, 2.45) is 4.99 Å². The number of likely N-dealkylation sites (N-methyl/N-ethyl adjacent to an activating group) is 1. The first-order valence-electron chi connectivity index (χ1n) is 7.55. The Morgan fingerprint density at radius 3 is 2.30 bits per heavy atom. The fourth-order valence-electron chi connectivity index (χ4n) is 2.14. The lowest BCUT2D eigenvalue weighted by molar-refractivity contribution is -0.130. The smallest absolute Gasteiger partial charge is 0.219 e. The van der Waals surface area contributed by atoms with E-state index in [-0.39, 0.29) is 5.91 Å². The molecule has 1 aliphatic rings. The number of piperazine rings is 1. The third-order valence-corrected chi connectivity index (χ3v) is 3.64. The van der Waals surface area contributed by atoms with Crippen molar-refractivity contribution < 1.29 is 4.79 Å². The van der Waals surface area contributed by atoms with Gasteiger partial charge in [-0.3, -0.25) is 9.79 Å². The summed E-state index contributed by atoms with van der Waals surface area (Å²) in [4.78, 5) is 22.4. The van der Waals surface area contributed by atoms with Crippen molar-refractivity contribution in [1.29, 1.82) is 0 Å². The molecule has 1 heterocycles. The topological polar surface area (TPSA) is 51.2 Å². The Labute approximate surface area is 122 Å². The zero-order valence-corrected chi connectivity index (χ0v) is 13.4. The fraction of sp³-hybridized carbons (Fsp3) is 0.857. The maximum atomic E-state index is 11.3. The van der Waals surface area contributed by atoms with Crippen LogP contribution in [0.2, 0.25) is 0 Å². The van der Waals surface area contributed by atoms with Crippen LogP contribution in [0.25, 0.3) is 0 Å². The molecule has 0 aromatic heterocycles. The molecule has 6 nitrogen and oxygen atoms in total. The van der Waals surface area contributed by atoms with Gasteiger partial charge in [-0.1, -0.05) is 6.92 Å². The molecule has 0 spiro atoms. The van der Waals surface area contributed by atoms with Gasteiger partial charge in [0.15, 0.2) is 5.96 Å². The molecule has 1 amide bonds. The van der Waals surface area contributed by atoms with Crippen LogP contribution in [0, 0.1) is 0 Å². The Bertz CT molecular complexity index is 324. The van der Waals surface area contributed by atoms with Crippen LogP contribution in [0.1, 0.15) is 20.8 Å². The third-order valence-electron chi connectivity index (χ3n) is 3.64. The van der Waals surface area contributed by atoms with E-state index in [0.717, 1.165) is 58.3 Å². The average molecular weight is 283 g/mol. The van der Waals surface area contributed by atoms with Crippen molar-refractivity contribution >= 4 is 11.9 Å². The van der Waals surface area contributed by atoms with E-state index in [4.69, 9.17) is 0 Å². The number of nitrogens with zero attached hydrogens (tertiary/aromatic N) is 4. The Hall–Kier alpha value is -1.30. The van der Waals surface area contributed by atoms with Crippen molar-refractivity contribution in [2.75, 3.05) is 59.4 Å². The number of carbonyl (C=O) groups is 1. The van der Waals surface area contributed by atoms with Gasteiger partial charge in [-0.25, -0.2) is 0 Å². The van der Waals surface area contributed by atoms with Gasteiger partial charge in [0.1, 0.15) is 0 Å². The van der Waals surface area contributed by atoms with Crippen LogP contribution in [0.3, 0.4) is 0 Å². The summed E-state index contributed by atoms with van der Waals surface area (Å²) in [6.07, 6.45) is 0. The molecule has 1 N–H and O–H groups in total. The predicted molar refractivity (Wildman–Crippen MR) is 83.0 cm³/mol. The van der Waals surface area contributed by atoms with Crippen LogP contribution in [-0.4, -0.2) is 86.0 Å². The molecular formula is C14H29N5O. The molecule has 1 fully saturated rings. The first kappa shape index (κ1) is 16.8. The molecule has 0 atom stereocenters. The van der Waals surface area contributed by atoms with E-state index in [1.54, 1.807) is 6.92 Å². The molecular weight excluding hydrogens is 254 g/mol. The van der Waals surface area contributed by atoms with Gasteiger partial charge in [0, 0.05) is 46.2 Å². The van der Waals surface area contributed by atoms with Gasteiger partial charge < -0.3 is 20.0 Å². The molecule has 1 aliphatic heterocycles. The highest BCUT2D eigenvalue weighted by atomic mass is 16.2. The average Bonchev–Trinajstić information content (AvgIpc) is 2.46. The first-order valence-corrected chi connectivity index (χ1v) is 7.55. The van der Waals surface area contributed by atoms with Gasteiger partial charge >= 0.3 is 0 Å². The SMILES string of the molecule is CCNC(=NCCN(C)CC)N1CCN(C(C)=O)CC1. The van der Waals surface area contributed by atoms with Crippen LogP contribution in [0.15, 0.2) is 4.99 Å². The number of amides is 1. The second kappa shape index (κ2) is 8.79. The van der Waals surface area contributed by atoms with Crippen molar-refractivity contribution in [3.05, 3.63) is 0 Å². The molecule has 0 unspecified atom stereocenters. The number of aliphatic imine (C=N–C) groups is 1. The maximum absolute atomic E-state index is 11.3. The van der Waals surface area contributed by atoms with E-state index in [1.165, 1.54) is 0 Å². The van der Waals surface area contributed by atoms with Crippen molar-refractivity contribution in [1.82, 2.24) is 20.0 Å². The summed E-state index contributed by atoms with van der Waals surface area (Å²) in [5.74, 6) is 1.14. The van der Waals surface area contributed by atoms with Gasteiger partial charge in [-0.2, -0.15) is 0 Å². The van der Waals surface area contributed by atoms with E-state index < -0.39 is 0 Å². The van der Waals surface area contributed by atoms with Crippen LogP contribution in [-0.2, 0) is 4.79 Å². The quantitative estimate of drug-likeness (QED) is 0.573. The monoisotopic (exact) mass is 283 g/mol. The van der Waals surface area contributed by atoms with Crippen LogP contribution >= 0.6 is 0 Å². The second-order valence-corrected chi connectivity index (χ2v) is 5.12. The highest BCUT2D eigenvalue weighted by Gasteiger charge is 2.20. The molecule has 0 bridgehead atoms. The number of guanidine groups is 1. The summed E-state index contributed by atoms with van der Waals surface area (Å²) in [6.45, 7) is 12.8. The van der Waals surface area contributed by atoms with Crippen molar-refractivity contribution in [2.45, 2.75) is 20.8 Å². The molecule has 1 rings (SSSR count). The summed E-state index contributed by atoms with van der Waals surface area (Å²) in [5, 5.41) is 3.34. The third kappa shape index (κ3) is 5.36. The molecule has 1 saturated heterocycles. The summed E-state index contributed by atoms with van der Waals surface area (Å²) < 4.78 is 0. The number of rotatable bonds is 5. The highest BCUT2D eigenvalue weighted by Crippen LogP contribution is 2.02. The lowest BCUT2D eigenvalue weighted by atomic mass is 10.3.